The highest BCUT2D eigenvalue weighted by Crippen LogP contribution is 2.31. The molecule has 0 aliphatic carbocycles. The van der Waals surface area contributed by atoms with Gasteiger partial charge >= 0.3 is 0 Å². The van der Waals surface area contributed by atoms with Crippen molar-refractivity contribution in [2.45, 2.75) is 63.6 Å². The highest BCUT2D eigenvalue weighted by molar-refractivity contribution is 6.30. The number of carbonyl (C=O) groups excluding carboxylic acids is 3. The Morgan fingerprint density at radius 3 is 1.86 bits per heavy atom. The number of nitrogens with zero attached hydrogens (tertiary/aromatic N) is 2. The van der Waals surface area contributed by atoms with Crippen LogP contribution in [0.4, 0.5) is 4.39 Å². The number of phenolic OH excluding ortho intramolecular Hbond substituents is 1. The molecule has 8 nitrogen and oxygen atoms in total. The fourth-order valence-corrected chi connectivity index (χ4v) is 5.09. The Morgan fingerprint density at radius 2 is 1.30 bits per heavy atom. The number of benzene rings is 3. The van der Waals surface area contributed by atoms with E-state index in [1.807, 2.05) is 20.8 Å². The van der Waals surface area contributed by atoms with Crippen LogP contribution < -0.4 is 11.5 Å². The van der Waals surface area contributed by atoms with E-state index < -0.39 is 41.7 Å². The number of amides is 3. The summed E-state index contributed by atoms with van der Waals surface area (Å²) in [6.07, 6.45) is 0.378. The maximum Gasteiger partial charge on any atom is 0.246 e. The molecule has 3 amide bonds. The van der Waals surface area contributed by atoms with E-state index in [0.29, 0.717) is 21.7 Å². The first-order chi connectivity index (χ1) is 20.1. The van der Waals surface area contributed by atoms with Gasteiger partial charge in [0.15, 0.2) is 0 Å². The van der Waals surface area contributed by atoms with Crippen molar-refractivity contribution in [3.05, 3.63) is 99.8 Å². The Kier molecular flexibility index (Phi) is 10.9. The number of primary amides is 1. The molecule has 0 fully saturated rings. The maximum atomic E-state index is 14.1. The van der Waals surface area contributed by atoms with Crippen molar-refractivity contribution < 1.29 is 23.9 Å². The highest BCUT2D eigenvalue weighted by Gasteiger charge is 2.36. The Labute approximate surface area is 257 Å². The minimum atomic E-state index is -1.03. The zero-order valence-electron chi connectivity index (χ0n) is 25.2. The third-order valence-corrected chi connectivity index (χ3v) is 7.82. The number of aromatic hydroxyl groups is 1. The predicted octanol–water partition coefficient (Wildman–Crippen LogP) is 3.98. The third kappa shape index (κ3) is 8.78. The van der Waals surface area contributed by atoms with Crippen LogP contribution in [0.15, 0.2) is 66.7 Å². The molecule has 0 heterocycles. The van der Waals surface area contributed by atoms with Crippen molar-refractivity contribution in [2.75, 3.05) is 14.1 Å². The van der Waals surface area contributed by atoms with Crippen LogP contribution in [0.25, 0.3) is 0 Å². The fourth-order valence-electron chi connectivity index (χ4n) is 4.96. The second-order valence-corrected chi connectivity index (χ2v) is 12.3. The van der Waals surface area contributed by atoms with Gasteiger partial charge in [0.25, 0.3) is 0 Å². The zero-order valence-corrected chi connectivity index (χ0v) is 25.9. The maximum absolute atomic E-state index is 14.1. The first kappa shape index (κ1) is 33.6. The molecule has 3 aromatic rings. The molecule has 230 valence electrons. The number of rotatable bonds is 11. The van der Waals surface area contributed by atoms with Crippen LogP contribution in [0.5, 0.6) is 5.75 Å². The van der Waals surface area contributed by atoms with Gasteiger partial charge in [-0.15, -0.1) is 0 Å². The first-order valence-corrected chi connectivity index (χ1v) is 14.4. The standard InChI is InChI=1S/C33H40ClFN4O4/c1-33(2,3)25-16-22(10-15-29(25)40)19-27(30(37)41)38(4)32(43)28(18-21-6-11-23(34)12-7-21)39(5)31(42)26(36)17-20-8-13-24(35)14-9-20/h6-16,26-28,40H,17-19,36H2,1-5H3,(H2,37,41)/t26-,27-,28-/m0/s1. The minimum Gasteiger partial charge on any atom is -0.508 e. The molecule has 0 unspecified atom stereocenters. The van der Waals surface area contributed by atoms with Gasteiger partial charge in [0, 0.05) is 32.0 Å². The van der Waals surface area contributed by atoms with Gasteiger partial charge in [-0.1, -0.05) is 68.8 Å². The van der Waals surface area contributed by atoms with Crippen LogP contribution in [0, 0.1) is 5.82 Å². The largest absolute Gasteiger partial charge is 0.508 e. The molecule has 0 saturated carbocycles. The lowest BCUT2D eigenvalue weighted by Crippen LogP contribution is -2.57. The van der Waals surface area contributed by atoms with Crippen molar-refractivity contribution in [2.24, 2.45) is 11.5 Å². The van der Waals surface area contributed by atoms with Gasteiger partial charge in [0.05, 0.1) is 6.04 Å². The molecule has 0 aliphatic heterocycles. The van der Waals surface area contributed by atoms with E-state index in [1.165, 1.54) is 36.0 Å². The second-order valence-electron chi connectivity index (χ2n) is 11.9. The first-order valence-electron chi connectivity index (χ1n) is 14.0. The van der Waals surface area contributed by atoms with Crippen LogP contribution in [-0.4, -0.2) is 64.8 Å². The van der Waals surface area contributed by atoms with E-state index in [4.69, 9.17) is 23.1 Å². The number of hydrogen-bond acceptors (Lipinski definition) is 5. The lowest BCUT2D eigenvalue weighted by molar-refractivity contribution is -0.147. The van der Waals surface area contributed by atoms with E-state index in [1.54, 1.807) is 54.6 Å². The van der Waals surface area contributed by atoms with E-state index in [2.05, 4.69) is 0 Å². The lowest BCUT2D eigenvalue weighted by Gasteiger charge is -2.35. The highest BCUT2D eigenvalue weighted by atomic mass is 35.5. The number of halogens is 2. The molecule has 5 N–H and O–H groups in total. The molecule has 0 saturated heterocycles. The summed E-state index contributed by atoms with van der Waals surface area (Å²) in [6, 6.07) is 14.6. The van der Waals surface area contributed by atoms with E-state index in [-0.39, 0.29) is 30.4 Å². The Bertz CT molecular complexity index is 1440. The molecule has 43 heavy (non-hydrogen) atoms. The molecule has 0 radical (unpaired) electrons. The summed E-state index contributed by atoms with van der Waals surface area (Å²) in [6.45, 7) is 5.88. The monoisotopic (exact) mass is 610 g/mol. The number of likely N-dealkylation sites (N-methyl/N-ethyl adjacent to an activating group) is 2. The summed E-state index contributed by atoms with van der Waals surface area (Å²) in [4.78, 5) is 42.8. The quantitative estimate of drug-likeness (QED) is 0.302. The number of nitrogens with two attached hydrogens (primary N) is 2. The molecule has 3 rings (SSSR count). The average molecular weight is 611 g/mol. The van der Waals surface area contributed by atoms with Crippen LogP contribution >= 0.6 is 11.6 Å². The van der Waals surface area contributed by atoms with Gasteiger partial charge in [-0.3, -0.25) is 14.4 Å². The van der Waals surface area contributed by atoms with Gasteiger partial charge in [0.2, 0.25) is 17.7 Å². The van der Waals surface area contributed by atoms with Gasteiger partial charge in [0.1, 0.15) is 23.7 Å². The Morgan fingerprint density at radius 1 is 0.814 bits per heavy atom. The summed E-state index contributed by atoms with van der Waals surface area (Å²) >= 11 is 6.06. The lowest BCUT2D eigenvalue weighted by atomic mass is 9.84. The fraction of sp³-hybridized carbons (Fsp3) is 0.364. The van der Waals surface area contributed by atoms with Crippen molar-refractivity contribution in [3.8, 4) is 5.75 Å². The van der Waals surface area contributed by atoms with E-state index in [0.717, 1.165) is 5.56 Å². The summed E-state index contributed by atoms with van der Waals surface area (Å²) in [5, 5.41) is 10.9. The second kappa shape index (κ2) is 14.0. The molecule has 0 aromatic heterocycles. The van der Waals surface area contributed by atoms with E-state index >= 15 is 0 Å². The van der Waals surface area contributed by atoms with Gasteiger partial charge < -0.3 is 26.4 Å². The van der Waals surface area contributed by atoms with Gasteiger partial charge in [-0.05, 0) is 64.4 Å². The molecule has 3 aromatic carbocycles. The molecular formula is C33H40ClFN4O4. The number of carbonyl (C=O) groups is 3. The predicted molar refractivity (Wildman–Crippen MR) is 166 cm³/mol. The summed E-state index contributed by atoms with van der Waals surface area (Å²) < 4.78 is 13.4. The van der Waals surface area contributed by atoms with Crippen molar-refractivity contribution in [1.82, 2.24) is 9.80 Å². The average Bonchev–Trinajstić information content (AvgIpc) is 2.95. The van der Waals surface area contributed by atoms with Crippen LogP contribution in [-0.2, 0) is 39.1 Å². The van der Waals surface area contributed by atoms with Crippen molar-refractivity contribution in [3.63, 3.8) is 0 Å². The molecule has 0 bridgehead atoms. The molecule has 3 atom stereocenters. The van der Waals surface area contributed by atoms with Crippen molar-refractivity contribution >= 4 is 29.3 Å². The van der Waals surface area contributed by atoms with Gasteiger partial charge in [-0.2, -0.15) is 0 Å². The van der Waals surface area contributed by atoms with Gasteiger partial charge in [-0.25, -0.2) is 4.39 Å². The summed E-state index contributed by atoms with van der Waals surface area (Å²) in [7, 11) is 2.97. The number of phenols is 1. The normalized spacial score (nSPS) is 13.6. The minimum absolute atomic E-state index is 0.107. The number of hydrogen-bond donors (Lipinski definition) is 3. The van der Waals surface area contributed by atoms with E-state index in [9.17, 15) is 23.9 Å². The van der Waals surface area contributed by atoms with Crippen LogP contribution in [0.3, 0.4) is 0 Å². The Hall–Kier alpha value is -3.95. The summed E-state index contributed by atoms with van der Waals surface area (Å²) in [5.41, 5.74) is 14.5. The Balaban J connectivity index is 1.90. The molecule has 0 aliphatic rings. The smallest absolute Gasteiger partial charge is 0.246 e. The third-order valence-electron chi connectivity index (χ3n) is 7.57. The molecule has 0 spiro atoms. The summed E-state index contributed by atoms with van der Waals surface area (Å²) in [5.74, 6) is -1.97. The molecule has 10 heteroatoms. The topological polar surface area (TPSA) is 130 Å². The zero-order chi connectivity index (χ0) is 32.1. The SMILES string of the molecule is CN(C(=O)[C@@H](N)Cc1ccc(F)cc1)[C@@H](Cc1ccc(Cl)cc1)C(=O)N(C)[C@@H](Cc1ccc(O)c(C(C)(C)C)c1)C(N)=O. The van der Waals surface area contributed by atoms with Crippen LogP contribution in [0.2, 0.25) is 5.02 Å². The van der Waals surface area contributed by atoms with Crippen molar-refractivity contribution in [1.29, 1.82) is 0 Å². The van der Waals surface area contributed by atoms with Crippen LogP contribution in [0.1, 0.15) is 43.0 Å². The molecular weight excluding hydrogens is 571 g/mol.